The first-order valence-electron chi connectivity index (χ1n) is 5.45. The van der Waals surface area contributed by atoms with Crippen LogP contribution < -0.4 is 5.32 Å². The van der Waals surface area contributed by atoms with Crippen LogP contribution in [0, 0.1) is 0 Å². The van der Waals surface area contributed by atoms with Gasteiger partial charge in [-0.15, -0.1) is 0 Å². The molecule has 1 aliphatic heterocycles. The molecule has 3 N–H and O–H groups in total. The van der Waals surface area contributed by atoms with E-state index in [0.717, 1.165) is 0 Å². The van der Waals surface area contributed by atoms with Gasteiger partial charge in [0, 0.05) is 36.4 Å². The first-order valence-corrected chi connectivity index (χ1v) is 5.45. The van der Waals surface area contributed by atoms with Crippen molar-refractivity contribution in [2.45, 2.75) is 24.9 Å². The highest BCUT2D eigenvalue weighted by Gasteiger charge is 2.26. The molecule has 2 unspecified atom stereocenters. The molecule has 2 atom stereocenters. The average Bonchev–Trinajstić information content (AvgIpc) is 3.02. The van der Waals surface area contributed by atoms with Gasteiger partial charge in [-0.25, -0.2) is 0 Å². The molecule has 2 aromatic heterocycles. The molecule has 3 heteroatoms. The van der Waals surface area contributed by atoms with Crippen molar-refractivity contribution in [2.75, 3.05) is 0 Å². The van der Waals surface area contributed by atoms with E-state index >= 15 is 0 Å². The molecule has 0 aliphatic carbocycles. The zero-order chi connectivity index (χ0) is 10.1. The first-order chi connectivity index (χ1) is 7.43. The molecule has 3 heterocycles. The number of rotatable bonds is 2. The number of hydrogen-bond donors (Lipinski definition) is 3. The molecule has 2 aromatic rings. The van der Waals surface area contributed by atoms with E-state index < -0.39 is 0 Å². The van der Waals surface area contributed by atoms with E-state index in [1.165, 1.54) is 24.1 Å². The van der Waals surface area contributed by atoms with E-state index in [-0.39, 0.29) is 0 Å². The number of aromatic nitrogens is 2. The summed E-state index contributed by atoms with van der Waals surface area (Å²) in [5.41, 5.74) is 2.66. The van der Waals surface area contributed by atoms with Gasteiger partial charge < -0.3 is 15.3 Å². The highest BCUT2D eigenvalue weighted by atomic mass is 15.0. The minimum Gasteiger partial charge on any atom is -0.367 e. The molecule has 0 spiro atoms. The highest BCUT2D eigenvalue weighted by molar-refractivity contribution is 5.19. The molecule has 15 heavy (non-hydrogen) atoms. The lowest BCUT2D eigenvalue weighted by Gasteiger charge is -2.12. The predicted molar refractivity (Wildman–Crippen MR) is 59.4 cm³/mol. The largest absolute Gasteiger partial charge is 0.367 e. The van der Waals surface area contributed by atoms with Crippen LogP contribution in [-0.2, 0) is 0 Å². The normalized spacial score (nSPS) is 25.9. The fourth-order valence-corrected chi connectivity index (χ4v) is 2.37. The third-order valence-corrected chi connectivity index (χ3v) is 3.17. The fraction of sp³-hybridized carbons (Fsp3) is 0.333. The maximum atomic E-state index is 3.64. The second-order valence-corrected chi connectivity index (χ2v) is 4.12. The number of H-pyrrole nitrogens is 2. The summed E-state index contributed by atoms with van der Waals surface area (Å²) in [5, 5.41) is 3.64. The van der Waals surface area contributed by atoms with Crippen molar-refractivity contribution in [3.05, 3.63) is 48.0 Å². The van der Waals surface area contributed by atoms with Crippen LogP contribution in [0.4, 0.5) is 0 Å². The summed E-state index contributed by atoms with van der Waals surface area (Å²) in [6.07, 6.45) is 8.46. The van der Waals surface area contributed by atoms with Gasteiger partial charge in [-0.05, 0) is 36.6 Å². The molecule has 1 saturated heterocycles. The maximum absolute atomic E-state index is 3.64. The van der Waals surface area contributed by atoms with Crippen LogP contribution in [-0.4, -0.2) is 9.97 Å². The molecule has 3 rings (SSSR count). The van der Waals surface area contributed by atoms with Crippen LogP contribution in [0.5, 0.6) is 0 Å². The summed E-state index contributed by atoms with van der Waals surface area (Å²) < 4.78 is 0. The highest BCUT2D eigenvalue weighted by Crippen LogP contribution is 2.33. The molecule has 0 bridgehead atoms. The minimum absolute atomic E-state index is 0.486. The van der Waals surface area contributed by atoms with Crippen molar-refractivity contribution in [3.8, 4) is 0 Å². The minimum atomic E-state index is 0.486. The van der Waals surface area contributed by atoms with E-state index in [2.05, 4.69) is 39.7 Å². The molecule has 78 valence electrons. The standard InChI is InChI=1S/C12H15N3/c1-2-11(14-6-1)12-4-3-10(15-12)9-5-7-13-8-9/h1-2,5-8,10,12-15H,3-4H2. The Hall–Kier alpha value is -1.48. The molecular weight excluding hydrogens is 186 g/mol. The van der Waals surface area contributed by atoms with Crippen molar-refractivity contribution in [1.82, 2.24) is 15.3 Å². The summed E-state index contributed by atoms with van der Waals surface area (Å²) in [6.45, 7) is 0. The Labute approximate surface area is 88.9 Å². The number of aromatic amines is 2. The lowest BCUT2D eigenvalue weighted by atomic mass is 10.1. The molecule has 0 amide bonds. The quantitative estimate of drug-likeness (QED) is 0.686. The Balaban J connectivity index is 1.74. The van der Waals surface area contributed by atoms with Crippen molar-refractivity contribution in [1.29, 1.82) is 0 Å². The summed E-state index contributed by atoms with van der Waals surface area (Å²) >= 11 is 0. The number of nitrogens with one attached hydrogen (secondary N) is 3. The Kier molecular flexibility index (Phi) is 2.10. The van der Waals surface area contributed by atoms with E-state index in [9.17, 15) is 0 Å². The Morgan fingerprint density at radius 1 is 1.07 bits per heavy atom. The molecule has 1 aliphatic rings. The van der Waals surface area contributed by atoms with E-state index in [4.69, 9.17) is 0 Å². The second kappa shape index (κ2) is 3.59. The van der Waals surface area contributed by atoms with E-state index in [1.807, 2.05) is 12.4 Å². The van der Waals surface area contributed by atoms with Crippen LogP contribution in [0.25, 0.3) is 0 Å². The third-order valence-electron chi connectivity index (χ3n) is 3.17. The first kappa shape index (κ1) is 8.80. The average molecular weight is 201 g/mol. The van der Waals surface area contributed by atoms with E-state index in [1.54, 1.807) is 0 Å². The zero-order valence-corrected chi connectivity index (χ0v) is 8.53. The van der Waals surface area contributed by atoms with Gasteiger partial charge in [0.05, 0.1) is 0 Å². The number of hydrogen-bond acceptors (Lipinski definition) is 1. The van der Waals surface area contributed by atoms with Crippen LogP contribution in [0.3, 0.4) is 0 Å². The molecular formula is C12H15N3. The van der Waals surface area contributed by atoms with Gasteiger partial charge in [-0.2, -0.15) is 0 Å². The maximum Gasteiger partial charge on any atom is 0.0478 e. The topological polar surface area (TPSA) is 43.6 Å². The van der Waals surface area contributed by atoms with E-state index in [0.29, 0.717) is 12.1 Å². The SMILES string of the molecule is c1c[nH]c(C2CCC(c3cc[nH]c3)N2)c1. The van der Waals surface area contributed by atoms with Gasteiger partial charge in [0.25, 0.3) is 0 Å². The smallest absolute Gasteiger partial charge is 0.0478 e. The Morgan fingerprint density at radius 2 is 2.00 bits per heavy atom. The summed E-state index contributed by atoms with van der Waals surface area (Å²) in [7, 11) is 0. The molecule has 0 radical (unpaired) electrons. The Morgan fingerprint density at radius 3 is 2.73 bits per heavy atom. The Bertz CT molecular complexity index is 362. The van der Waals surface area contributed by atoms with Gasteiger partial charge in [-0.1, -0.05) is 0 Å². The van der Waals surface area contributed by atoms with Gasteiger partial charge in [0.1, 0.15) is 0 Å². The van der Waals surface area contributed by atoms with Crippen molar-refractivity contribution in [2.24, 2.45) is 0 Å². The predicted octanol–water partition coefficient (Wildman–Crippen LogP) is 2.51. The van der Waals surface area contributed by atoms with Crippen molar-refractivity contribution >= 4 is 0 Å². The van der Waals surface area contributed by atoms with Crippen LogP contribution in [0.2, 0.25) is 0 Å². The van der Waals surface area contributed by atoms with Crippen molar-refractivity contribution in [3.63, 3.8) is 0 Å². The van der Waals surface area contributed by atoms with Crippen LogP contribution >= 0.6 is 0 Å². The molecule has 0 saturated carbocycles. The lowest BCUT2D eigenvalue weighted by molar-refractivity contribution is 0.566. The monoisotopic (exact) mass is 201 g/mol. The van der Waals surface area contributed by atoms with Gasteiger partial charge in [0.15, 0.2) is 0 Å². The summed E-state index contributed by atoms with van der Waals surface area (Å²) in [6, 6.07) is 7.34. The second-order valence-electron chi connectivity index (χ2n) is 4.12. The van der Waals surface area contributed by atoms with Crippen molar-refractivity contribution < 1.29 is 0 Å². The third kappa shape index (κ3) is 1.59. The molecule has 0 aromatic carbocycles. The van der Waals surface area contributed by atoms with Crippen LogP contribution in [0.15, 0.2) is 36.8 Å². The fourth-order valence-electron chi connectivity index (χ4n) is 2.37. The van der Waals surface area contributed by atoms with Gasteiger partial charge in [0.2, 0.25) is 0 Å². The van der Waals surface area contributed by atoms with Gasteiger partial charge >= 0.3 is 0 Å². The molecule has 1 fully saturated rings. The van der Waals surface area contributed by atoms with Gasteiger partial charge in [-0.3, -0.25) is 0 Å². The lowest BCUT2D eigenvalue weighted by Crippen LogP contribution is -2.17. The zero-order valence-electron chi connectivity index (χ0n) is 8.53. The van der Waals surface area contributed by atoms with Crippen LogP contribution in [0.1, 0.15) is 36.2 Å². The summed E-state index contributed by atoms with van der Waals surface area (Å²) in [5.74, 6) is 0. The summed E-state index contributed by atoms with van der Waals surface area (Å²) in [4.78, 5) is 6.38. The molecule has 3 nitrogen and oxygen atoms in total.